The molecule has 0 aliphatic carbocycles. The average Bonchev–Trinajstić information content (AvgIpc) is 2.92. The highest BCUT2D eigenvalue weighted by Gasteiger charge is 2.48. The quantitative estimate of drug-likeness (QED) is 0.235. The van der Waals surface area contributed by atoms with Crippen molar-refractivity contribution >= 4 is 0 Å². The molecule has 6 nitrogen and oxygen atoms in total. The van der Waals surface area contributed by atoms with Crippen LogP contribution in [0.3, 0.4) is 0 Å². The van der Waals surface area contributed by atoms with Gasteiger partial charge in [-0.2, -0.15) is 0 Å². The second-order valence-electron chi connectivity index (χ2n) is 11.6. The summed E-state index contributed by atoms with van der Waals surface area (Å²) in [5, 5.41) is 0. The molecule has 6 heteroatoms. The fourth-order valence-electron chi connectivity index (χ4n) is 5.46. The summed E-state index contributed by atoms with van der Waals surface area (Å²) in [5.41, 5.74) is 1.17. The molecule has 0 amide bonds. The first-order valence-electron chi connectivity index (χ1n) is 15.1. The van der Waals surface area contributed by atoms with Gasteiger partial charge in [0.15, 0.2) is 6.29 Å². The molecule has 0 spiro atoms. The Kier molecular flexibility index (Phi) is 13.5. The number of ether oxygens (including phenoxy) is 6. The molecule has 3 rings (SSSR count). The van der Waals surface area contributed by atoms with Crippen molar-refractivity contribution in [2.24, 2.45) is 23.7 Å². The summed E-state index contributed by atoms with van der Waals surface area (Å²) in [5.74, 6) is 1.25. The first kappa shape index (κ1) is 31.5. The standard InChI is InChI=1S/C32H54O6/c1-8-10-17-33-21-29-31(30(35-18-11-9-2)25(6)26(7)36-29)38-32-24(5)22(3)23(4)28(37-32)20-34-19-27-15-13-12-14-16-27/h12-16,22-26,28-32H,8-11,17-21H2,1-7H3/t22-,23+,24?,25?,26+,28?,29?,30+,31+,32-/m0/s1. The molecule has 2 saturated heterocycles. The second kappa shape index (κ2) is 16.3. The van der Waals surface area contributed by atoms with E-state index in [1.54, 1.807) is 0 Å². The van der Waals surface area contributed by atoms with Crippen molar-refractivity contribution in [3.8, 4) is 0 Å². The van der Waals surface area contributed by atoms with E-state index in [0.29, 0.717) is 31.7 Å². The van der Waals surface area contributed by atoms with E-state index in [9.17, 15) is 0 Å². The van der Waals surface area contributed by atoms with Gasteiger partial charge >= 0.3 is 0 Å². The summed E-state index contributed by atoms with van der Waals surface area (Å²) in [6.45, 7) is 18.6. The van der Waals surface area contributed by atoms with E-state index in [1.807, 2.05) is 18.2 Å². The van der Waals surface area contributed by atoms with Crippen LogP contribution in [0.2, 0.25) is 0 Å². The summed E-state index contributed by atoms with van der Waals surface area (Å²) in [6, 6.07) is 10.3. The topological polar surface area (TPSA) is 55.4 Å². The zero-order valence-corrected chi connectivity index (χ0v) is 25.0. The maximum atomic E-state index is 6.88. The third kappa shape index (κ3) is 8.74. The van der Waals surface area contributed by atoms with Crippen LogP contribution in [0.15, 0.2) is 30.3 Å². The fraction of sp³-hybridized carbons (Fsp3) is 0.812. The molecule has 2 fully saturated rings. The van der Waals surface area contributed by atoms with E-state index in [0.717, 1.165) is 38.9 Å². The number of unbranched alkanes of at least 4 members (excludes halogenated alkanes) is 2. The third-order valence-electron chi connectivity index (χ3n) is 8.74. The van der Waals surface area contributed by atoms with Gasteiger partial charge in [-0.25, -0.2) is 0 Å². The molecule has 2 heterocycles. The van der Waals surface area contributed by atoms with Gasteiger partial charge in [-0.1, -0.05) is 84.7 Å². The Morgan fingerprint density at radius 2 is 1.37 bits per heavy atom. The predicted molar refractivity (Wildman–Crippen MR) is 151 cm³/mol. The first-order chi connectivity index (χ1) is 18.4. The van der Waals surface area contributed by atoms with Gasteiger partial charge in [-0.15, -0.1) is 0 Å². The van der Waals surface area contributed by atoms with E-state index in [1.165, 1.54) is 5.56 Å². The van der Waals surface area contributed by atoms with Crippen molar-refractivity contribution < 1.29 is 28.4 Å². The predicted octanol–water partition coefficient (Wildman–Crippen LogP) is 6.65. The van der Waals surface area contributed by atoms with Crippen molar-refractivity contribution in [2.45, 2.75) is 118 Å². The van der Waals surface area contributed by atoms with Crippen LogP contribution < -0.4 is 0 Å². The summed E-state index contributed by atoms with van der Waals surface area (Å²) in [4.78, 5) is 0. The number of hydrogen-bond acceptors (Lipinski definition) is 6. The van der Waals surface area contributed by atoms with Crippen LogP contribution in [-0.4, -0.2) is 63.2 Å². The number of benzene rings is 1. The summed E-state index contributed by atoms with van der Waals surface area (Å²) >= 11 is 0. The van der Waals surface area contributed by atoms with E-state index in [2.05, 4.69) is 60.6 Å². The van der Waals surface area contributed by atoms with Crippen molar-refractivity contribution in [1.29, 1.82) is 0 Å². The lowest BCUT2D eigenvalue weighted by atomic mass is 9.79. The van der Waals surface area contributed by atoms with E-state index < -0.39 is 0 Å². The van der Waals surface area contributed by atoms with Crippen LogP contribution >= 0.6 is 0 Å². The smallest absolute Gasteiger partial charge is 0.161 e. The average molecular weight is 535 g/mol. The Labute approximate surface area is 232 Å². The SMILES string of the molecule is CCCCOCC1O[C@H](C)C(C)[C@@H](OCCCC)[C@@H]1O[C@@H]1OC(COCc2ccccc2)[C@H](C)[C@H](C)C1C. The highest BCUT2D eigenvalue weighted by Crippen LogP contribution is 2.39. The minimum Gasteiger partial charge on any atom is -0.379 e. The monoisotopic (exact) mass is 534 g/mol. The summed E-state index contributed by atoms with van der Waals surface area (Å²) in [7, 11) is 0. The van der Waals surface area contributed by atoms with Crippen molar-refractivity contribution in [2.75, 3.05) is 26.4 Å². The van der Waals surface area contributed by atoms with Gasteiger partial charge in [0.25, 0.3) is 0 Å². The maximum Gasteiger partial charge on any atom is 0.161 e. The zero-order valence-electron chi connectivity index (χ0n) is 25.0. The second-order valence-corrected chi connectivity index (χ2v) is 11.6. The minimum absolute atomic E-state index is 0.0329. The largest absolute Gasteiger partial charge is 0.379 e. The molecular formula is C32H54O6. The Balaban J connectivity index is 1.71. The highest BCUT2D eigenvalue weighted by molar-refractivity contribution is 5.13. The van der Waals surface area contributed by atoms with Gasteiger partial charge in [0.2, 0.25) is 0 Å². The summed E-state index contributed by atoms with van der Waals surface area (Å²) < 4.78 is 38.7. The lowest BCUT2D eigenvalue weighted by Crippen LogP contribution is -2.59. The maximum absolute atomic E-state index is 6.88. The normalized spacial score (nSPS) is 35.9. The molecule has 0 bridgehead atoms. The van der Waals surface area contributed by atoms with E-state index in [4.69, 9.17) is 28.4 Å². The Hall–Kier alpha value is -1.02. The van der Waals surface area contributed by atoms with E-state index in [-0.39, 0.29) is 48.6 Å². The van der Waals surface area contributed by atoms with Crippen LogP contribution in [0.5, 0.6) is 0 Å². The van der Waals surface area contributed by atoms with Crippen LogP contribution in [0, 0.1) is 23.7 Å². The Bertz CT molecular complexity index is 760. The van der Waals surface area contributed by atoms with Gasteiger partial charge in [-0.05, 0) is 37.2 Å². The summed E-state index contributed by atoms with van der Waals surface area (Å²) in [6.07, 6.45) is 3.47. The third-order valence-corrected chi connectivity index (χ3v) is 8.74. The van der Waals surface area contributed by atoms with Crippen LogP contribution in [0.25, 0.3) is 0 Å². The Morgan fingerprint density at radius 3 is 2.08 bits per heavy atom. The highest BCUT2D eigenvalue weighted by atomic mass is 16.7. The van der Waals surface area contributed by atoms with Crippen molar-refractivity contribution in [3.63, 3.8) is 0 Å². The molecule has 10 atom stereocenters. The molecule has 4 unspecified atom stereocenters. The number of rotatable bonds is 15. The van der Waals surface area contributed by atoms with Gasteiger partial charge in [0, 0.05) is 25.0 Å². The molecule has 0 saturated carbocycles. The molecule has 218 valence electrons. The minimum atomic E-state index is -0.351. The molecule has 0 radical (unpaired) electrons. The molecule has 1 aromatic rings. The lowest BCUT2D eigenvalue weighted by molar-refractivity contribution is -0.318. The van der Waals surface area contributed by atoms with Gasteiger partial charge in [0.05, 0.1) is 38.1 Å². The van der Waals surface area contributed by atoms with Gasteiger partial charge in [-0.3, -0.25) is 0 Å². The molecule has 0 N–H and O–H groups in total. The molecular weight excluding hydrogens is 480 g/mol. The Morgan fingerprint density at radius 1 is 0.684 bits per heavy atom. The van der Waals surface area contributed by atoms with Gasteiger partial charge < -0.3 is 28.4 Å². The van der Waals surface area contributed by atoms with Gasteiger partial charge in [0.1, 0.15) is 12.2 Å². The van der Waals surface area contributed by atoms with Crippen LogP contribution in [-0.2, 0) is 35.0 Å². The zero-order chi connectivity index (χ0) is 27.5. The first-order valence-corrected chi connectivity index (χ1v) is 15.1. The fourth-order valence-corrected chi connectivity index (χ4v) is 5.46. The molecule has 0 aromatic heterocycles. The van der Waals surface area contributed by atoms with Crippen LogP contribution in [0.4, 0.5) is 0 Å². The van der Waals surface area contributed by atoms with Crippen molar-refractivity contribution in [3.05, 3.63) is 35.9 Å². The molecule has 2 aliphatic heterocycles. The molecule has 1 aromatic carbocycles. The molecule has 38 heavy (non-hydrogen) atoms. The molecule has 2 aliphatic rings. The van der Waals surface area contributed by atoms with Crippen LogP contribution in [0.1, 0.15) is 79.7 Å². The lowest BCUT2D eigenvalue weighted by Gasteiger charge is -2.49. The van der Waals surface area contributed by atoms with E-state index >= 15 is 0 Å². The number of hydrogen-bond donors (Lipinski definition) is 0. The van der Waals surface area contributed by atoms with Crippen molar-refractivity contribution in [1.82, 2.24) is 0 Å².